The van der Waals surface area contributed by atoms with Gasteiger partial charge >= 0.3 is 0 Å². The van der Waals surface area contributed by atoms with Crippen molar-refractivity contribution >= 4 is 22.8 Å². The molecule has 4 rings (SSSR count). The van der Waals surface area contributed by atoms with Crippen LogP contribution in [0, 0.1) is 0 Å². The number of para-hydroxylation sites is 4. The van der Waals surface area contributed by atoms with E-state index in [0.717, 1.165) is 68.1 Å². The Morgan fingerprint density at radius 3 is 0.705 bits per heavy atom. The van der Waals surface area contributed by atoms with Crippen molar-refractivity contribution in [3.63, 3.8) is 0 Å². The predicted octanol–water partition coefficient (Wildman–Crippen LogP) is 7.87. The zero-order chi connectivity index (χ0) is 31.9. The Hall–Kier alpha value is -5.24. The number of benzene rings is 4. The second-order valence-electron chi connectivity index (χ2n) is 9.54. The van der Waals surface area contributed by atoms with Gasteiger partial charge in [-0.15, -0.1) is 0 Å². The molecule has 0 amide bonds. The van der Waals surface area contributed by atoms with E-state index in [9.17, 15) is 0 Å². The van der Waals surface area contributed by atoms with Crippen LogP contribution in [0.2, 0.25) is 0 Å². The standard InChI is InChI=1S/2C18H20N2O2/c2*1-13(15-9-5-7-11-17(15)21-3)19-20-14(2)16-10-6-8-12-18(16)22-4/h2*5-12H,1-4H3/b2*19-13+,20-14+. The minimum Gasteiger partial charge on any atom is -0.496 e. The SMILES string of the molecule is COc1ccccc1/C(C)=N/N=C(\C)c1ccccc1OC.COc1ccccc1/C(C)=N/N=C(\C)c1ccccc1OC. The Bertz CT molecular complexity index is 1410. The molecule has 44 heavy (non-hydrogen) atoms. The van der Waals surface area contributed by atoms with Gasteiger partial charge in [-0.1, -0.05) is 48.5 Å². The van der Waals surface area contributed by atoms with Gasteiger partial charge in [0.05, 0.1) is 51.3 Å². The number of rotatable bonds is 10. The normalized spacial score (nSPS) is 12.2. The first kappa shape index (κ1) is 33.3. The number of hydrogen-bond donors (Lipinski definition) is 0. The Labute approximate surface area is 260 Å². The maximum atomic E-state index is 5.35. The van der Waals surface area contributed by atoms with E-state index in [1.807, 2.05) is 125 Å². The number of ether oxygens (including phenoxy) is 4. The fourth-order valence-electron chi connectivity index (χ4n) is 4.29. The molecule has 8 nitrogen and oxygen atoms in total. The maximum absolute atomic E-state index is 5.35. The molecule has 0 aliphatic rings. The molecule has 0 radical (unpaired) electrons. The summed E-state index contributed by atoms with van der Waals surface area (Å²) in [5.74, 6) is 3.14. The van der Waals surface area contributed by atoms with Crippen LogP contribution < -0.4 is 18.9 Å². The summed E-state index contributed by atoms with van der Waals surface area (Å²) in [6.45, 7) is 7.65. The summed E-state index contributed by atoms with van der Waals surface area (Å²) >= 11 is 0. The first-order valence-corrected chi connectivity index (χ1v) is 14.1. The lowest BCUT2D eigenvalue weighted by molar-refractivity contribution is 0.413. The fourth-order valence-corrected chi connectivity index (χ4v) is 4.29. The summed E-state index contributed by atoms with van der Waals surface area (Å²) in [4.78, 5) is 0. The number of nitrogens with zero attached hydrogens (tertiary/aromatic N) is 4. The van der Waals surface area contributed by atoms with Gasteiger partial charge in [-0.3, -0.25) is 0 Å². The molecule has 0 spiro atoms. The Kier molecular flexibility index (Phi) is 12.9. The molecule has 0 aliphatic heterocycles. The van der Waals surface area contributed by atoms with Crippen molar-refractivity contribution in [3.05, 3.63) is 119 Å². The predicted molar refractivity (Wildman–Crippen MR) is 181 cm³/mol. The van der Waals surface area contributed by atoms with E-state index in [0.29, 0.717) is 0 Å². The minimum atomic E-state index is 0.786. The van der Waals surface area contributed by atoms with Gasteiger partial charge in [-0.25, -0.2) is 0 Å². The topological polar surface area (TPSA) is 86.4 Å². The summed E-state index contributed by atoms with van der Waals surface area (Å²) in [6, 6.07) is 31.0. The van der Waals surface area contributed by atoms with Crippen LogP contribution in [0.3, 0.4) is 0 Å². The van der Waals surface area contributed by atoms with E-state index in [1.54, 1.807) is 28.4 Å². The highest BCUT2D eigenvalue weighted by atomic mass is 16.5. The minimum absolute atomic E-state index is 0.786. The summed E-state index contributed by atoms with van der Waals surface area (Å²) in [5.41, 5.74) is 6.92. The molecule has 4 aromatic carbocycles. The van der Waals surface area contributed by atoms with Gasteiger partial charge < -0.3 is 18.9 Å². The molecule has 0 aromatic heterocycles. The van der Waals surface area contributed by atoms with Gasteiger partial charge in [0, 0.05) is 22.3 Å². The molecule has 8 heteroatoms. The molecule has 0 unspecified atom stereocenters. The molecule has 0 aliphatic carbocycles. The van der Waals surface area contributed by atoms with Gasteiger partial charge in [0.1, 0.15) is 23.0 Å². The van der Waals surface area contributed by atoms with Gasteiger partial charge in [-0.2, -0.15) is 20.4 Å². The highest BCUT2D eigenvalue weighted by Crippen LogP contribution is 2.22. The fraction of sp³-hybridized carbons (Fsp3) is 0.222. The third-order valence-corrected chi connectivity index (χ3v) is 6.69. The van der Waals surface area contributed by atoms with Crippen molar-refractivity contribution in [3.8, 4) is 23.0 Å². The molecule has 4 aromatic rings. The number of methoxy groups -OCH3 is 4. The quantitative estimate of drug-likeness (QED) is 0.138. The molecule has 0 fully saturated rings. The molecule has 228 valence electrons. The van der Waals surface area contributed by atoms with Crippen LogP contribution in [0.25, 0.3) is 0 Å². The zero-order valence-electron chi connectivity index (χ0n) is 26.7. The molecule has 0 N–H and O–H groups in total. The Balaban J connectivity index is 0.000000240. The highest BCUT2D eigenvalue weighted by molar-refractivity contribution is 6.05. The molecule has 0 atom stereocenters. The van der Waals surface area contributed by atoms with Crippen molar-refractivity contribution in [2.45, 2.75) is 27.7 Å². The molecule has 0 saturated heterocycles. The van der Waals surface area contributed by atoms with Crippen molar-refractivity contribution < 1.29 is 18.9 Å². The highest BCUT2D eigenvalue weighted by Gasteiger charge is 2.08. The van der Waals surface area contributed by atoms with E-state index in [4.69, 9.17) is 18.9 Å². The zero-order valence-corrected chi connectivity index (χ0v) is 26.7. The van der Waals surface area contributed by atoms with Crippen molar-refractivity contribution in [2.75, 3.05) is 28.4 Å². The number of hydrogen-bond acceptors (Lipinski definition) is 8. The van der Waals surface area contributed by atoms with Crippen LogP contribution in [0.15, 0.2) is 117 Å². The van der Waals surface area contributed by atoms with Crippen molar-refractivity contribution in [1.29, 1.82) is 0 Å². The average Bonchev–Trinajstić information content (AvgIpc) is 3.09. The smallest absolute Gasteiger partial charge is 0.127 e. The van der Waals surface area contributed by atoms with E-state index >= 15 is 0 Å². The summed E-state index contributed by atoms with van der Waals surface area (Å²) in [7, 11) is 6.59. The lowest BCUT2D eigenvalue weighted by Gasteiger charge is -2.08. The summed E-state index contributed by atoms with van der Waals surface area (Å²) in [6.07, 6.45) is 0. The maximum Gasteiger partial charge on any atom is 0.127 e. The monoisotopic (exact) mass is 592 g/mol. The van der Waals surface area contributed by atoms with Crippen LogP contribution in [0.5, 0.6) is 23.0 Å². The summed E-state index contributed by atoms with van der Waals surface area (Å²) < 4.78 is 21.4. The van der Waals surface area contributed by atoms with Crippen LogP contribution in [0.1, 0.15) is 49.9 Å². The lowest BCUT2D eigenvalue weighted by Crippen LogP contribution is -2.01. The second kappa shape index (κ2) is 17.0. The molecular weight excluding hydrogens is 552 g/mol. The van der Waals surface area contributed by atoms with Gasteiger partial charge in [0.15, 0.2) is 0 Å². The van der Waals surface area contributed by atoms with Crippen LogP contribution in [-0.2, 0) is 0 Å². The second-order valence-corrected chi connectivity index (χ2v) is 9.54. The van der Waals surface area contributed by atoms with Crippen molar-refractivity contribution in [1.82, 2.24) is 0 Å². The largest absolute Gasteiger partial charge is 0.496 e. The third-order valence-electron chi connectivity index (χ3n) is 6.69. The van der Waals surface area contributed by atoms with Gasteiger partial charge in [0.25, 0.3) is 0 Å². The van der Waals surface area contributed by atoms with E-state index in [1.165, 1.54) is 0 Å². The first-order chi connectivity index (χ1) is 21.3. The molecular formula is C36H40N4O4. The first-order valence-electron chi connectivity index (χ1n) is 14.1. The molecule has 0 heterocycles. The van der Waals surface area contributed by atoms with Gasteiger partial charge in [-0.05, 0) is 76.2 Å². The third kappa shape index (κ3) is 8.88. The van der Waals surface area contributed by atoms with E-state index < -0.39 is 0 Å². The van der Waals surface area contributed by atoms with E-state index in [2.05, 4.69) is 20.4 Å². The van der Waals surface area contributed by atoms with Crippen LogP contribution in [-0.4, -0.2) is 51.3 Å². The van der Waals surface area contributed by atoms with E-state index in [-0.39, 0.29) is 0 Å². The average molecular weight is 593 g/mol. The molecule has 0 saturated carbocycles. The van der Waals surface area contributed by atoms with Gasteiger partial charge in [0.2, 0.25) is 0 Å². The Morgan fingerprint density at radius 2 is 0.523 bits per heavy atom. The Morgan fingerprint density at radius 1 is 0.341 bits per heavy atom. The van der Waals surface area contributed by atoms with Crippen LogP contribution >= 0.6 is 0 Å². The summed E-state index contributed by atoms with van der Waals surface area (Å²) in [5, 5.41) is 17.3. The molecule has 0 bridgehead atoms. The van der Waals surface area contributed by atoms with Crippen molar-refractivity contribution in [2.24, 2.45) is 20.4 Å². The lowest BCUT2D eigenvalue weighted by atomic mass is 10.1. The van der Waals surface area contributed by atoms with Crippen LogP contribution in [0.4, 0.5) is 0 Å².